The van der Waals surface area contributed by atoms with Gasteiger partial charge in [0.1, 0.15) is 23.6 Å². The van der Waals surface area contributed by atoms with E-state index in [-0.39, 0.29) is 30.4 Å². The van der Waals surface area contributed by atoms with Crippen molar-refractivity contribution in [3.8, 4) is 11.5 Å². The predicted octanol–water partition coefficient (Wildman–Crippen LogP) is 3.94. The van der Waals surface area contributed by atoms with E-state index in [4.69, 9.17) is 10.5 Å². The van der Waals surface area contributed by atoms with Gasteiger partial charge in [0, 0.05) is 57.1 Å². The van der Waals surface area contributed by atoms with Crippen molar-refractivity contribution in [1.82, 2.24) is 20.5 Å². The number of piperazine rings is 1. The lowest BCUT2D eigenvalue weighted by Crippen LogP contribution is -2.57. The van der Waals surface area contributed by atoms with E-state index in [1.807, 2.05) is 36.4 Å². The standard InChI is InChI=1S/C34H42Br2N6O5/c1-47-26-6-4-5-23(19-26)8-9-31(43)39-30(22-24-20-27(35)32(44)28(36)21-24)33(45)40-29(7-2-3-12-37)34(46)42-17-15-41(16-18-42)25-10-13-38-14-11-25/h4-6,10-11,13-14,19-21,29-30,44H,2-3,7-9,12,15-18,22,37H2,1H3,(H,39,43)(H,40,45)/t29-,30-/m0/s1. The molecule has 2 atom stereocenters. The summed E-state index contributed by atoms with van der Waals surface area (Å²) in [6, 6.07) is 13.1. The molecular formula is C34H42Br2N6O5. The van der Waals surface area contributed by atoms with Crippen molar-refractivity contribution in [2.45, 2.75) is 50.6 Å². The van der Waals surface area contributed by atoms with E-state index >= 15 is 0 Å². The van der Waals surface area contributed by atoms with E-state index in [1.54, 1.807) is 36.5 Å². The highest BCUT2D eigenvalue weighted by atomic mass is 79.9. The molecule has 0 saturated carbocycles. The molecule has 13 heteroatoms. The third-order valence-corrected chi connectivity index (χ3v) is 9.33. The second-order valence-electron chi connectivity index (χ2n) is 11.4. The molecule has 3 amide bonds. The molecule has 0 spiro atoms. The monoisotopic (exact) mass is 772 g/mol. The molecule has 5 N–H and O–H groups in total. The van der Waals surface area contributed by atoms with Crippen molar-refractivity contribution >= 4 is 55.3 Å². The zero-order valence-electron chi connectivity index (χ0n) is 26.5. The number of ether oxygens (including phenoxy) is 1. The maximum atomic E-state index is 13.9. The molecule has 3 aromatic rings. The number of nitrogens with two attached hydrogens (primary N) is 1. The molecule has 1 aromatic heterocycles. The molecule has 1 aliphatic heterocycles. The van der Waals surface area contributed by atoms with E-state index < -0.39 is 18.0 Å². The Morgan fingerprint density at radius 2 is 1.66 bits per heavy atom. The average molecular weight is 775 g/mol. The lowest BCUT2D eigenvalue weighted by Gasteiger charge is -2.37. The summed E-state index contributed by atoms with van der Waals surface area (Å²) >= 11 is 6.70. The number of benzene rings is 2. The van der Waals surface area contributed by atoms with Gasteiger partial charge in [-0.3, -0.25) is 19.4 Å². The minimum atomic E-state index is -0.968. The van der Waals surface area contributed by atoms with Gasteiger partial charge in [-0.1, -0.05) is 12.1 Å². The Kier molecular flexibility index (Phi) is 13.9. The SMILES string of the molecule is COc1cccc(CCC(=O)N[C@@H](Cc2cc(Br)c(O)c(Br)c2)C(=O)N[C@@H](CCCCN)C(=O)N2CCN(c3ccncc3)CC2)c1. The summed E-state index contributed by atoms with van der Waals surface area (Å²) in [5.74, 6) is -0.174. The van der Waals surface area contributed by atoms with Crippen LogP contribution in [0.15, 0.2) is 69.9 Å². The van der Waals surface area contributed by atoms with Crippen molar-refractivity contribution in [2.75, 3.05) is 44.7 Å². The van der Waals surface area contributed by atoms with E-state index in [9.17, 15) is 19.5 Å². The predicted molar refractivity (Wildman–Crippen MR) is 188 cm³/mol. The van der Waals surface area contributed by atoms with Gasteiger partial charge in [-0.15, -0.1) is 0 Å². The maximum absolute atomic E-state index is 13.9. The van der Waals surface area contributed by atoms with E-state index in [0.717, 1.165) is 17.7 Å². The summed E-state index contributed by atoms with van der Waals surface area (Å²) in [6.45, 7) is 2.84. The van der Waals surface area contributed by atoms with E-state index in [1.165, 1.54) is 0 Å². The minimum absolute atomic E-state index is 0.0340. The molecule has 0 radical (unpaired) electrons. The number of nitrogens with one attached hydrogen (secondary N) is 2. The number of anilines is 1. The number of hydrogen-bond donors (Lipinski definition) is 4. The number of aromatic nitrogens is 1. The fourth-order valence-corrected chi connectivity index (χ4v) is 6.80. The van der Waals surface area contributed by atoms with Crippen molar-refractivity contribution in [3.63, 3.8) is 0 Å². The quantitative estimate of drug-likeness (QED) is 0.170. The molecule has 0 bridgehead atoms. The topological polar surface area (TPSA) is 150 Å². The van der Waals surface area contributed by atoms with Crippen molar-refractivity contribution in [1.29, 1.82) is 0 Å². The first-order valence-electron chi connectivity index (χ1n) is 15.7. The highest BCUT2D eigenvalue weighted by molar-refractivity contribution is 9.11. The number of halogens is 2. The second-order valence-corrected chi connectivity index (χ2v) is 13.2. The van der Waals surface area contributed by atoms with Crippen molar-refractivity contribution in [2.24, 2.45) is 5.73 Å². The van der Waals surface area contributed by atoms with E-state index in [2.05, 4.69) is 52.4 Å². The number of pyridine rings is 1. The summed E-state index contributed by atoms with van der Waals surface area (Å²) in [7, 11) is 1.59. The van der Waals surface area contributed by atoms with Crippen LogP contribution in [0.5, 0.6) is 11.5 Å². The van der Waals surface area contributed by atoms with Crippen molar-refractivity contribution in [3.05, 3.63) is 81.0 Å². The number of amides is 3. The Morgan fingerprint density at radius 3 is 2.32 bits per heavy atom. The Labute approximate surface area is 292 Å². The number of unbranched alkanes of at least 4 members (excludes halogenated alkanes) is 1. The summed E-state index contributed by atoms with van der Waals surface area (Å²) < 4.78 is 6.19. The Balaban J connectivity index is 1.47. The van der Waals surface area contributed by atoms with Crippen LogP contribution in [0.3, 0.4) is 0 Å². The lowest BCUT2D eigenvalue weighted by molar-refractivity contribution is -0.137. The number of hydrogen-bond acceptors (Lipinski definition) is 8. The molecule has 252 valence electrons. The highest BCUT2D eigenvalue weighted by Crippen LogP contribution is 2.33. The smallest absolute Gasteiger partial charge is 0.245 e. The van der Waals surface area contributed by atoms with Crippen LogP contribution < -0.4 is 26.0 Å². The molecule has 0 unspecified atom stereocenters. The van der Waals surface area contributed by atoms with Gasteiger partial charge in [-0.25, -0.2) is 0 Å². The van der Waals surface area contributed by atoms with Gasteiger partial charge in [0.2, 0.25) is 17.7 Å². The zero-order chi connectivity index (χ0) is 33.8. The Morgan fingerprint density at radius 1 is 0.957 bits per heavy atom. The van der Waals surface area contributed by atoms with Gasteiger partial charge in [0.15, 0.2) is 0 Å². The maximum Gasteiger partial charge on any atom is 0.245 e. The largest absolute Gasteiger partial charge is 0.506 e. The summed E-state index contributed by atoms with van der Waals surface area (Å²) in [4.78, 5) is 49.0. The zero-order valence-corrected chi connectivity index (χ0v) is 29.6. The van der Waals surface area contributed by atoms with Crippen molar-refractivity contribution < 1.29 is 24.2 Å². The molecule has 4 rings (SSSR count). The average Bonchev–Trinajstić information content (AvgIpc) is 3.09. The molecular weight excluding hydrogens is 732 g/mol. The first kappa shape index (κ1) is 36.2. The molecule has 1 aliphatic rings. The van der Waals surface area contributed by atoms with Crippen LogP contribution in [0, 0.1) is 0 Å². The molecule has 2 heterocycles. The fraction of sp³-hybridized carbons (Fsp3) is 0.412. The first-order chi connectivity index (χ1) is 22.7. The normalized spacial score (nSPS) is 14.3. The van der Waals surface area contributed by atoms with Crippen LogP contribution >= 0.6 is 31.9 Å². The molecule has 1 fully saturated rings. The summed E-state index contributed by atoms with van der Waals surface area (Å²) in [6.07, 6.45) is 6.06. The Bertz CT molecular complexity index is 1480. The summed E-state index contributed by atoms with van der Waals surface area (Å²) in [5.41, 5.74) is 8.43. The summed E-state index contributed by atoms with van der Waals surface area (Å²) in [5, 5.41) is 16.1. The number of nitrogens with zero attached hydrogens (tertiary/aromatic N) is 3. The molecule has 1 saturated heterocycles. The van der Waals surface area contributed by atoms with Gasteiger partial charge in [0.25, 0.3) is 0 Å². The van der Waals surface area contributed by atoms with Gasteiger partial charge in [-0.05, 0) is 112 Å². The molecule has 47 heavy (non-hydrogen) atoms. The molecule has 0 aliphatic carbocycles. The van der Waals surface area contributed by atoms with Gasteiger partial charge >= 0.3 is 0 Å². The third kappa shape index (κ3) is 10.7. The number of carbonyl (C=O) groups is 3. The van der Waals surface area contributed by atoms with Crippen LogP contribution in [0.4, 0.5) is 5.69 Å². The third-order valence-electron chi connectivity index (χ3n) is 8.12. The number of methoxy groups -OCH3 is 1. The first-order valence-corrected chi connectivity index (χ1v) is 17.3. The number of carbonyl (C=O) groups excluding carboxylic acids is 3. The van der Waals surface area contributed by atoms with Gasteiger partial charge in [0.05, 0.1) is 16.1 Å². The number of phenols is 1. The van der Waals surface area contributed by atoms with Gasteiger partial charge in [-0.2, -0.15) is 0 Å². The number of phenolic OH excluding ortho intramolecular Hbond substituents is 1. The Hall–Kier alpha value is -3.68. The van der Waals surface area contributed by atoms with Crippen LogP contribution in [0.25, 0.3) is 0 Å². The number of rotatable bonds is 15. The van der Waals surface area contributed by atoms with Gasteiger partial charge < -0.3 is 36.0 Å². The van der Waals surface area contributed by atoms with Crippen LogP contribution in [-0.4, -0.2) is 84.6 Å². The van der Waals surface area contributed by atoms with E-state index in [0.29, 0.717) is 72.2 Å². The molecule has 11 nitrogen and oxygen atoms in total. The molecule has 2 aromatic carbocycles. The van der Waals surface area contributed by atoms with Crippen LogP contribution in [0.2, 0.25) is 0 Å². The number of aromatic hydroxyl groups is 1. The fourth-order valence-electron chi connectivity index (χ4n) is 5.52. The van der Waals surface area contributed by atoms with Crippen LogP contribution in [-0.2, 0) is 27.2 Å². The lowest BCUT2D eigenvalue weighted by atomic mass is 10.0. The highest BCUT2D eigenvalue weighted by Gasteiger charge is 2.31. The number of aryl methyl sites for hydroxylation is 1. The minimum Gasteiger partial charge on any atom is -0.506 e. The van der Waals surface area contributed by atoms with Crippen LogP contribution in [0.1, 0.15) is 36.8 Å². The second kappa shape index (κ2) is 18.0.